The van der Waals surface area contributed by atoms with Gasteiger partial charge in [-0.3, -0.25) is 19.4 Å². The summed E-state index contributed by atoms with van der Waals surface area (Å²) in [6.45, 7) is 5.69. The van der Waals surface area contributed by atoms with Gasteiger partial charge in [-0.25, -0.2) is 4.39 Å². The highest BCUT2D eigenvalue weighted by molar-refractivity contribution is 5.78. The van der Waals surface area contributed by atoms with E-state index >= 15 is 0 Å². The summed E-state index contributed by atoms with van der Waals surface area (Å²) in [5.74, 6) is -0.297. The van der Waals surface area contributed by atoms with Crippen molar-refractivity contribution in [3.63, 3.8) is 0 Å². The Hall–Kier alpha value is -2.03. The Bertz CT molecular complexity index is 783. The van der Waals surface area contributed by atoms with E-state index in [1.807, 2.05) is 17.0 Å². The fourth-order valence-corrected chi connectivity index (χ4v) is 5.15. The summed E-state index contributed by atoms with van der Waals surface area (Å²) in [6, 6.07) is 6.98. The zero-order valence-corrected chi connectivity index (χ0v) is 16.8. The third-order valence-corrected chi connectivity index (χ3v) is 6.37. The molecule has 3 aliphatic rings. The van der Waals surface area contributed by atoms with Crippen LogP contribution in [0.2, 0.25) is 0 Å². The zero-order valence-electron chi connectivity index (χ0n) is 16.8. The van der Waals surface area contributed by atoms with Gasteiger partial charge in [0.2, 0.25) is 11.8 Å². The number of aliphatic hydroxyl groups excluding tert-OH is 1. The summed E-state index contributed by atoms with van der Waals surface area (Å²) in [7, 11) is 0. The molecule has 158 valence electrons. The largest absolute Gasteiger partial charge is 0.392 e. The molecule has 4 rings (SSSR count). The van der Waals surface area contributed by atoms with Crippen molar-refractivity contribution < 1.29 is 19.1 Å². The number of aliphatic hydroxyl groups is 1. The smallest absolute Gasteiger partial charge is 0.224 e. The maximum Gasteiger partial charge on any atom is 0.224 e. The molecule has 0 saturated carbocycles. The lowest BCUT2D eigenvalue weighted by Crippen LogP contribution is -2.78. The molecule has 0 aliphatic carbocycles. The van der Waals surface area contributed by atoms with Crippen LogP contribution in [-0.4, -0.2) is 88.6 Å². The predicted molar refractivity (Wildman–Crippen MR) is 105 cm³/mol. The van der Waals surface area contributed by atoms with E-state index in [1.54, 1.807) is 6.07 Å². The molecule has 29 heavy (non-hydrogen) atoms. The van der Waals surface area contributed by atoms with E-state index in [0.29, 0.717) is 44.7 Å². The van der Waals surface area contributed by atoms with E-state index in [0.717, 1.165) is 13.1 Å². The van der Waals surface area contributed by atoms with Gasteiger partial charge in [-0.05, 0) is 12.5 Å². The molecule has 3 fully saturated rings. The van der Waals surface area contributed by atoms with Gasteiger partial charge >= 0.3 is 0 Å². The van der Waals surface area contributed by atoms with Crippen LogP contribution in [0.25, 0.3) is 0 Å². The summed E-state index contributed by atoms with van der Waals surface area (Å²) >= 11 is 0. The Balaban J connectivity index is 1.42. The van der Waals surface area contributed by atoms with E-state index in [9.17, 15) is 19.1 Å². The van der Waals surface area contributed by atoms with E-state index in [4.69, 9.17) is 0 Å². The van der Waals surface area contributed by atoms with Gasteiger partial charge in [-0.1, -0.05) is 18.2 Å². The maximum absolute atomic E-state index is 14.0. The highest BCUT2D eigenvalue weighted by atomic mass is 19.1. The first-order chi connectivity index (χ1) is 13.9. The number of benzene rings is 1. The van der Waals surface area contributed by atoms with Crippen LogP contribution >= 0.6 is 0 Å². The molecular weight excluding hydrogens is 375 g/mol. The van der Waals surface area contributed by atoms with Crippen LogP contribution < -0.4 is 5.32 Å². The van der Waals surface area contributed by atoms with Gasteiger partial charge in [0.25, 0.3) is 0 Å². The Morgan fingerprint density at radius 2 is 2.00 bits per heavy atom. The highest BCUT2D eigenvalue weighted by Gasteiger charge is 2.56. The van der Waals surface area contributed by atoms with Crippen molar-refractivity contribution in [1.29, 1.82) is 0 Å². The van der Waals surface area contributed by atoms with Crippen molar-refractivity contribution in [3.05, 3.63) is 35.6 Å². The molecule has 8 heteroatoms. The van der Waals surface area contributed by atoms with Crippen LogP contribution in [0.4, 0.5) is 4.39 Å². The number of hydrogen-bond donors (Lipinski definition) is 2. The monoisotopic (exact) mass is 404 g/mol. The SMILES string of the molecule is CC(=O)NCCC(=O)N1C[C@@H]2C[C@@H](O)CN2C2(CN(Cc3ccccc3F)C2)C1. The van der Waals surface area contributed by atoms with Crippen molar-refractivity contribution in [2.45, 2.75) is 44.0 Å². The molecule has 3 heterocycles. The van der Waals surface area contributed by atoms with E-state index in [-0.39, 0.29) is 41.7 Å². The van der Waals surface area contributed by atoms with Crippen LogP contribution in [0.1, 0.15) is 25.3 Å². The average molecular weight is 404 g/mol. The lowest BCUT2D eigenvalue weighted by Gasteiger charge is -2.61. The molecule has 2 atom stereocenters. The highest BCUT2D eigenvalue weighted by Crippen LogP contribution is 2.39. The van der Waals surface area contributed by atoms with Gasteiger partial charge in [-0.2, -0.15) is 0 Å². The minimum absolute atomic E-state index is 0.0340. The molecule has 1 spiro atoms. The molecule has 0 unspecified atom stereocenters. The van der Waals surface area contributed by atoms with Gasteiger partial charge in [0, 0.05) is 70.8 Å². The third kappa shape index (κ3) is 4.15. The van der Waals surface area contributed by atoms with Crippen molar-refractivity contribution in [1.82, 2.24) is 20.0 Å². The maximum atomic E-state index is 14.0. The molecule has 1 aromatic rings. The molecule has 2 amide bonds. The van der Waals surface area contributed by atoms with E-state index < -0.39 is 0 Å². The van der Waals surface area contributed by atoms with Gasteiger partial charge < -0.3 is 15.3 Å². The fraction of sp³-hybridized carbons (Fsp3) is 0.619. The standard InChI is InChI=1S/C21H29FN4O3/c1-15(27)23-7-6-20(29)25-10-17-8-18(28)11-26(17)21(14-25)12-24(13-21)9-16-4-2-3-5-19(16)22/h2-5,17-18,28H,6-14H2,1H3,(H,23,27)/t17-,18+/m0/s1. The van der Waals surface area contributed by atoms with Gasteiger partial charge in [0.15, 0.2) is 0 Å². The van der Waals surface area contributed by atoms with Crippen molar-refractivity contribution in [3.8, 4) is 0 Å². The Morgan fingerprint density at radius 3 is 2.72 bits per heavy atom. The van der Waals surface area contributed by atoms with Gasteiger partial charge in [0.05, 0.1) is 11.6 Å². The summed E-state index contributed by atoms with van der Waals surface area (Å²) in [6.07, 6.45) is 0.584. The quantitative estimate of drug-likeness (QED) is 0.733. The average Bonchev–Trinajstić information content (AvgIpc) is 3.02. The van der Waals surface area contributed by atoms with Gasteiger partial charge in [-0.15, -0.1) is 0 Å². The molecule has 0 radical (unpaired) electrons. The summed E-state index contributed by atoms with van der Waals surface area (Å²) < 4.78 is 14.0. The number of amides is 2. The number of carbonyl (C=O) groups excluding carboxylic acids is 2. The minimum Gasteiger partial charge on any atom is -0.392 e. The van der Waals surface area contributed by atoms with Gasteiger partial charge in [0.1, 0.15) is 5.82 Å². The first kappa shape index (κ1) is 20.3. The number of nitrogens with one attached hydrogen (secondary N) is 1. The number of fused-ring (bicyclic) bond motifs is 2. The Labute approximate surface area is 170 Å². The molecule has 1 aromatic carbocycles. The Morgan fingerprint density at radius 1 is 1.24 bits per heavy atom. The molecule has 3 aliphatic heterocycles. The topological polar surface area (TPSA) is 76.1 Å². The summed E-state index contributed by atoms with van der Waals surface area (Å²) in [5.41, 5.74) is 0.495. The van der Waals surface area contributed by atoms with Crippen LogP contribution in [0.3, 0.4) is 0 Å². The second-order valence-electron chi connectivity index (χ2n) is 8.66. The van der Waals surface area contributed by atoms with Crippen molar-refractivity contribution in [2.24, 2.45) is 0 Å². The molecule has 7 nitrogen and oxygen atoms in total. The fourth-order valence-electron chi connectivity index (χ4n) is 5.15. The number of halogens is 1. The van der Waals surface area contributed by atoms with Crippen LogP contribution in [0, 0.1) is 5.82 Å². The number of carbonyl (C=O) groups is 2. The number of β-amino-alcohol motifs (C(OH)–C–C–N with tert-alkyl or cyclic N) is 1. The van der Waals surface area contributed by atoms with Crippen LogP contribution in [0.15, 0.2) is 24.3 Å². The first-order valence-corrected chi connectivity index (χ1v) is 10.3. The number of likely N-dealkylation sites (tertiary alicyclic amines) is 1. The lowest BCUT2D eigenvalue weighted by atomic mass is 9.83. The van der Waals surface area contributed by atoms with Crippen molar-refractivity contribution >= 4 is 11.8 Å². The molecule has 3 saturated heterocycles. The number of nitrogens with zero attached hydrogens (tertiary/aromatic N) is 3. The molecule has 2 N–H and O–H groups in total. The normalized spacial score (nSPS) is 26.2. The predicted octanol–water partition coefficient (Wildman–Crippen LogP) is 0.184. The third-order valence-electron chi connectivity index (χ3n) is 6.37. The second kappa shape index (κ2) is 8.01. The summed E-state index contributed by atoms with van der Waals surface area (Å²) in [4.78, 5) is 30.2. The lowest BCUT2D eigenvalue weighted by molar-refractivity contribution is -0.151. The molecular formula is C21H29FN4O3. The second-order valence-corrected chi connectivity index (χ2v) is 8.66. The molecule has 0 bridgehead atoms. The minimum atomic E-state index is -0.369. The Kier molecular flexibility index (Phi) is 5.59. The number of piperazine rings is 1. The van der Waals surface area contributed by atoms with Crippen LogP contribution in [-0.2, 0) is 16.1 Å². The van der Waals surface area contributed by atoms with Crippen molar-refractivity contribution in [2.75, 3.05) is 39.3 Å². The van der Waals surface area contributed by atoms with E-state index in [2.05, 4.69) is 15.1 Å². The molecule has 0 aromatic heterocycles. The summed E-state index contributed by atoms with van der Waals surface area (Å²) in [5, 5.41) is 12.9. The number of hydrogen-bond acceptors (Lipinski definition) is 5. The number of rotatable bonds is 5. The van der Waals surface area contributed by atoms with Crippen LogP contribution in [0.5, 0.6) is 0 Å². The van der Waals surface area contributed by atoms with E-state index in [1.165, 1.54) is 13.0 Å². The zero-order chi connectivity index (χ0) is 20.6. The first-order valence-electron chi connectivity index (χ1n) is 10.3.